The van der Waals surface area contributed by atoms with E-state index in [1.54, 1.807) is 18.3 Å². The molecule has 0 spiro atoms. The fraction of sp³-hybridized carbons (Fsp3) is 0.600. The Morgan fingerprint density at radius 2 is 2.15 bits per heavy atom. The van der Waals surface area contributed by atoms with Crippen LogP contribution in [0.25, 0.3) is 0 Å². The van der Waals surface area contributed by atoms with Crippen molar-refractivity contribution in [2.45, 2.75) is 38.6 Å². The number of nitrogens with two attached hydrogens (primary N) is 1. The van der Waals surface area contributed by atoms with Crippen LogP contribution in [0.1, 0.15) is 31.9 Å². The minimum Gasteiger partial charge on any atom is -0.397 e. The topological polar surface area (TPSA) is 71.2 Å². The summed E-state index contributed by atoms with van der Waals surface area (Å²) in [5.41, 5.74) is 6.94. The van der Waals surface area contributed by atoms with Crippen molar-refractivity contribution in [1.29, 1.82) is 0 Å². The Morgan fingerprint density at radius 1 is 1.40 bits per heavy atom. The number of nitrogens with one attached hydrogen (secondary N) is 1. The molecule has 1 aliphatic heterocycles. The number of hydrogen-bond acceptors (Lipinski definition) is 4. The molecule has 1 aromatic heterocycles. The van der Waals surface area contributed by atoms with Crippen molar-refractivity contribution in [2.24, 2.45) is 0 Å². The lowest BCUT2D eigenvalue weighted by Crippen LogP contribution is -2.44. The fourth-order valence-electron chi connectivity index (χ4n) is 2.52. The van der Waals surface area contributed by atoms with E-state index in [4.69, 9.17) is 5.73 Å². The normalized spacial score (nSPS) is 17.6. The van der Waals surface area contributed by atoms with E-state index in [0.29, 0.717) is 24.7 Å². The van der Waals surface area contributed by atoms with Gasteiger partial charge in [-0.15, -0.1) is 0 Å². The van der Waals surface area contributed by atoms with E-state index >= 15 is 0 Å². The molecule has 5 heteroatoms. The summed E-state index contributed by atoms with van der Waals surface area (Å²) in [6, 6.07) is 3.97. The smallest absolute Gasteiger partial charge is 0.226 e. The molecule has 0 radical (unpaired) electrons. The number of anilines is 1. The van der Waals surface area contributed by atoms with Gasteiger partial charge in [-0.2, -0.15) is 0 Å². The number of carbonyl (C=O) groups is 1. The van der Waals surface area contributed by atoms with Crippen molar-refractivity contribution in [2.75, 3.05) is 25.4 Å². The van der Waals surface area contributed by atoms with Gasteiger partial charge in [-0.1, -0.05) is 6.42 Å². The number of nitrogen functional groups attached to an aromatic ring is 1. The standard InChI is InChI=1S/C15H24N4O/c1-12(19-7-3-2-4-8-19)10-18-15(20)9-14-6-5-13(16)11-17-14/h5-6,11-12H,2-4,7-10,16H2,1H3,(H,18,20). The summed E-state index contributed by atoms with van der Waals surface area (Å²) in [5.74, 6) is 0.0196. The zero-order valence-electron chi connectivity index (χ0n) is 12.1. The SMILES string of the molecule is CC(CNC(=O)Cc1ccc(N)cn1)N1CCCCC1. The van der Waals surface area contributed by atoms with E-state index in [0.717, 1.165) is 18.8 Å². The van der Waals surface area contributed by atoms with E-state index in [1.165, 1.54) is 19.3 Å². The second-order valence-corrected chi connectivity index (χ2v) is 5.51. The third kappa shape index (κ3) is 4.49. The predicted molar refractivity (Wildman–Crippen MR) is 80.2 cm³/mol. The van der Waals surface area contributed by atoms with Gasteiger partial charge >= 0.3 is 0 Å². The summed E-state index contributed by atoms with van der Waals surface area (Å²) < 4.78 is 0. The zero-order chi connectivity index (χ0) is 14.4. The van der Waals surface area contributed by atoms with Gasteiger partial charge in [0.05, 0.1) is 18.3 Å². The maximum atomic E-state index is 11.9. The Kier molecular flexibility index (Phi) is 5.35. The average Bonchev–Trinajstić information content (AvgIpc) is 2.48. The van der Waals surface area contributed by atoms with Crippen molar-refractivity contribution in [3.05, 3.63) is 24.0 Å². The number of rotatable bonds is 5. The van der Waals surface area contributed by atoms with E-state index < -0.39 is 0 Å². The van der Waals surface area contributed by atoms with Gasteiger partial charge in [-0.25, -0.2) is 0 Å². The van der Waals surface area contributed by atoms with Gasteiger partial charge in [0, 0.05) is 18.3 Å². The van der Waals surface area contributed by atoms with Crippen LogP contribution in [0.3, 0.4) is 0 Å². The number of pyridine rings is 1. The number of aromatic nitrogens is 1. The minimum atomic E-state index is 0.0196. The number of carbonyl (C=O) groups excluding carboxylic acids is 1. The maximum Gasteiger partial charge on any atom is 0.226 e. The molecule has 110 valence electrons. The van der Waals surface area contributed by atoms with Crippen LogP contribution in [0.5, 0.6) is 0 Å². The highest BCUT2D eigenvalue weighted by Crippen LogP contribution is 2.11. The zero-order valence-corrected chi connectivity index (χ0v) is 12.1. The molecule has 2 heterocycles. The molecule has 3 N–H and O–H groups in total. The van der Waals surface area contributed by atoms with Crippen molar-refractivity contribution in [1.82, 2.24) is 15.2 Å². The molecule has 20 heavy (non-hydrogen) atoms. The Morgan fingerprint density at radius 3 is 2.80 bits per heavy atom. The first-order chi connectivity index (χ1) is 9.65. The Bertz CT molecular complexity index is 426. The minimum absolute atomic E-state index is 0.0196. The molecule has 5 nitrogen and oxygen atoms in total. The summed E-state index contributed by atoms with van der Waals surface area (Å²) in [6.07, 6.45) is 5.77. The van der Waals surface area contributed by atoms with Gasteiger partial charge in [-0.3, -0.25) is 14.7 Å². The Balaban J connectivity index is 1.72. The molecule has 0 aliphatic carbocycles. The molecule has 1 amide bonds. The summed E-state index contributed by atoms with van der Waals surface area (Å²) >= 11 is 0. The van der Waals surface area contributed by atoms with E-state index in [9.17, 15) is 4.79 Å². The molecule has 1 atom stereocenters. The summed E-state index contributed by atoms with van der Waals surface area (Å²) in [6.45, 7) is 5.17. The quantitative estimate of drug-likeness (QED) is 0.847. The van der Waals surface area contributed by atoms with E-state index in [-0.39, 0.29) is 5.91 Å². The summed E-state index contributed by atoms with van der Waals surface area (Å²) in [5, 5.41) is 2.99. The van der Waals surface area contributed by atoms with Crippen LogP contribution in [-0.2, 0) is 11.2 Å². The van der Waals surface area contributed by atoms with Gasteiger partial charge in [0.2, 0.25) is 5.91 Å². The number of amides is 1. The molecule has 1 saturated heterocycles. The van der Waals surface area contributed by atoms with E-state index in [1.807, 2.05) is 0 Å². The van der Waals surface area contributed by atoms with Crippen LogP contribution in [0, 0.1) is 0 Å². The van der Waals surface area contributed by atoms with Gasteiger partial charge in [-0.05, 0) is 45.0 Å². The molecular formula is C15H24N4O. The second kappa shape index (κ2) is 7.24. The van der Waals surface area contributed by atoms with Crippen molar-refractivity contribution in [3.63, 3.8) is 0 Å². The van der Waals surface area contributed by atoms with Gasteiger partial charge < -0.3 is 11.1 Å². The molecule has 1 fully saturated rings. The summed E-state index contributed by atoms with van der Waals surface area (Å²) in [7, 11) is 0. The molecule has 1 aliphatic rings. The average molecular weight is 276 g/mol. The predicted octanol–water partition coefficient (Wildman–Crippen LogP) is 1.20. The van der Waals surface area contributed by atoms with Crippen molar-refractivity contribution >= 4 is 11.6 Å². The number of piperidine rings is 1. The lowest BCUT2D eigenvalue weighted by Gasteiger charge is -2.32. The first-order valence-electron chi connectivity index (χ1n) is 7.36. The molecule has 0 aromatic carbocycles. The van der Waals surface area contributed by atoms with E-state index in [2.05, 4.69) is 22.1 Å². The van der Waals surface area contributed by atoms with Crippen LogP contribution in [-0.4, -0.2) is 41.5 Å². The van der Waals surface area contributed by atoms with Gasteiger partial charge in [0.1, 0.15) is 0 Å². The lowest BCUT2D eigenvalue weighted by molar-refractivity contribution is -0.120. The first-order valence-corrected chi connectivity index (χ1v) is 7.36. The van der Waals surface area contributed by atoms with Gasteiger partial charge in [0.15, 0.2) is 0 Å². The number of likely N-dealkylation sites (tertiary alicyclic amines) is 1. The molecule has 0 bridgehead atoms. The highest BCUT2D eigenvalue weighted by Gasteiger charge is 2.17. The van der Waals surface area contributed by atoms with Crippen LogP contribution in [0.15, 0.2) is 18.3 Å². The molecule has 2 rings (SSSR count). The second-order valence-electron chi connectivity index (χ2n) is 5.51. The molecule has 0 saturated carbocycles. The molecule has 1 aromatic rings. The lowest BCUT2D eigenvalue weighted by atomic mass is 10.1. The molecule has 1 unspecified atom stereocenters. The third-order valence-electron chi connectivity index (χ3n) is 3.80. The molecular weight excluding hydrogens is 252 g/mol. The Hall–Kier alpha value is -1.62. The van der Waals surface area contributed by atoms with Crippen molar-refractivity contribution < 1.29 is 4.79 Å². The highest BCUT2D eigenvalue weighted by molar-refractivity contribution is 5.78. The van der Waals surface area contributed by atoms with Crippen LogP contribution in [0.2, 0.25) is 0 Å². The van der Waals surface area contributed by atoms with Crippen LogP contribution >= 0.6 is 0 Å². The van der Waals surface area contributed by atoms with Gasteiger partial charge in [0.25, 0.3) is 0 Å². The largest absolute Gasteiger partial charge is 0.397 e. The Labute approximate surface area is 120 Å². The first kappa shape index (κ1) is 14.8. The highest BCUT2D eigenvalue weighted by atomic mass is 16.1. The fourth-order valence-corrected chi connectivity index (χ4v) is 2.52. The number of hydrogen-bond donors (Lipinski definition) is 2. The monoisotopic (exact) mass is 276 g/mol. The maximum absolute atomic E-state index is 11.9. The number of nitrogens with zero attached hydrogens (tertiary/aromatic N) is 2. The van der Waals surface area contributed by atoms with Crippen LogP contribution in [0.4, 0.5) is 5.69 Å². The van der Waals surface area contributed by atoms with Crippen LogP contribution < -0.4 is 11.1 Å². The summed E-state index contributed by atoms with van der Waals surface area (Å²) in [4.78, 5) is 18.5. The third-order valence-corrected chi connectivity index (χ3v) is 3.80. The van der Waals surface area contributed by atoms with Crippen molar-refractivity contribution in [3.8, 4) is 0 Å².